The third-order valence-electron chi connectivity index (χ3n) is 3.74. The van der Waals surface area contributed by atoms with Gasteiger partial charge in [0, 0.05) is 6.54 Å². The number of benzene rings is 1. The van der Waals surface area contributed by atoms with Crippen LogP contribution in [-0.2, 0) is 0 Å². The molecule has 2 amide bonds. The predicted molar refractivity (Wildman–Crippen MR) is 84.1 cm³/mol. The van der Waals surface area contributed by atoms with E-state index < -0.39 is 12.0 Å². The second kappa shape index (κ2) is 6.80. The van der Waals surface area contributed by atoms with Crippen LogP contribution in [0.3, 0.4) is 0 Å². The number of urea groups is 1. The average molecular weight is 313 g/mol. The van der Waals surface area contributed by atoms with Gasteiger partial charge in [-0.3, -0.25) is 0 Å². The summed E-state index contributed by atoms with van der Waals surface area (Å²) in [6.45, 7) is 8.76. The van der Waals surface area contributed by atoms with Crippen molar-refractivity contribution in [2.75, 3.05) is 11.9 Å². The molecular formula is C15H21ClN2O3. The van der Waals surface area contributed by atoms with Crippen molar-refractivity contribution in [2.45, 2.75) is 27.7 Å². The summed E-state index contributed by atoms with van der Waals surface area (Å²) in [5, 5.41) is 14.5. The number of amides is 2. The molecule has 6 heteroatoms. The van der Waals surface area contributed by atoms with Gasteiger partial charge in [-0.25, -0.2) is 9.59 Å². The number of rotatable bonds is 5. The second-order valence-corrected chi connectivity index (χ2v) is 6.33. The van der Waals surface area contributed by atoms with E-state index in [0.29, 0.717) is 12.5 Å². The summed E-state index contributed by atoms with van der Waals surface area (Å²) in [4.78, 5) is 23.1. The molecule has 0 fully saturated rings. The SMILES string of the molecule is CC(C)C(C)(C)CNC(=O)Nc1cccc(Cl)c1C(=O)O. The van der Waals surface area contributed by atoms with Gasteiger partial charge in [0.25, 0.3) is 0 Å². The van der Waals surface area contributed by atoms with Gasteiger partial charge in [0.2, 0.25) is 0 Å². The van der Waals surface area contributed by atoms with Crippen LogP contribution in [0.1, 0.15) is 38.1 Å². The van der Waals surface area contributed by atoms with E-state index in [-0.39, 0.29) is 21.7 Å². The van der Waals surface area contributed by atoms with Crippen LogP contribution < -0.4 is 10.6 Å². The lowest BCUT2D eigenvalue weighted by molar-refractivity contribution is 0.0698. The summed E-state index contributed by atoms with van der Waals surface area (Å²) in [5.74, 6) is -0.781. The number of carbonyl (C=O) groups is 2. The number of anilines is 1. The molecule has 1 rings (SSSR count). The molecule has 0 saturated heterocycles. The quantitative estimate of drug-likeness (QED) is 0.773. The molecule has 0 unspecified atom stereocenters. The Morgan fingerprint density at radius 2 is 1.95 bits per heavy atom. The summed E-state index contributed by atoms with van der Waals surface area (Å²) in [7, 11) is 0. The molecule has 0 aromatic heterocycles. The van der Waals surface area contributed by atoms with Crippen molar-refractivity contribution in [1.82, 2.24) is 5.32 Å². The number of halogens is 1. The first-order chi connectivity index (χ1) is 9.65. The fraction of sp³-hybridized carbons (Fsp3) is 0.467. The molecule has 21 heavy (non-hydrogen) atoms. The average Bonchev–Trinajstić information content (AvgIpc) is 2.36. The van der Waals surface area contributed by atoms with Gasteiger partial charge < -0.3 is 15.7 Å². The van der Waals surface area contributed by atoms with Gasteiger partial charge in [-0.1, -0.05) is 45.4 Å². The van der Waals surface area contributed by atoms with Gasteiger partial charge in [-0.05, 0) is 23.5 Å². The number of hydrogen-bond donors (Lipinski definition) is 3. The molecule has 116 valence electrons. The standard InChI is InChI=1S/C15H21ClN2O3/c1-9(2)15(3,4)8-17-14(21)18-11-7-5-6-10(16)12(11)13(19)20/h5-7,9H,8H2,1-4H3,(H,19,20)(H2,17,18,21). The minimum atomic E-state index is -1.18. The molecule has 1 aromatic rings. The molecule has 0 heterocycles. The van der Waals surface area contributed by atoms with E-state index in [0.717, 1.165) is 0 Å². The Kier molecular flexibility index (Phi) is 5.61. The third-order valence-corrected chi connectivity index (χ3v) is 4.06. The van der Waals surface area contributed by atoms with Crippen LogP contribution in [0.25, 0.3) is 0 Å². The maximum absolute atomic E-state index is 11.9. The smallest absolute Gasteiger partial charge is 0.339 e. The number of carbonyl (C=O) groups excluding carboxylic acids is 1. The lowest BCUT2D eigenvalue weighted by Crippen LogP contribution is -2.39. The number of aromatic carboxylic acids is 1. The zero-order valence-corrected chi connectivity index (χ0v) is 13.4. The Morgan fingerprint density at radius 1 is 1.33 bits per heavy atom. The lowest BCUT2D eigenvalue weighted by atomic mass is 9.81. The fourth-order valence-corrected chi connectivity index (χ4v) is 1.78. The van der Waals surface area contributed by atoms with Crippen molar-refractivity contribution in [3.8, 4) is 0 Å². The lowest BCUT2D eigenvalue weighted by Gasteiger charge is -2.29. The summed E-state index contributed by atoms with van der Waals surface area (Å²) >= 11 is 5.85. The van der Waals surface area contributed by atoms with E-state index in [9.17, 15) is 9.59 Å². The normalized spacial score (nSPS) is 11.3. The van der Waals surface area contributed by atoms with Crippen LogP contribution in [-0.4, -0.2) is 23.7 Å². The van der Waals surface area contributed by atoms with Gasteiger partial charge in [0.15, 0.2) is 0 Å². The Hall–Kier alpha value is -1.75. The highest BCUT2D eigenvalue weighted by Gasteiger charge is 2.23. The summed E-state index contributed by atoms with van der Waals surface area (Å²) in [6, 6.07) is 4.11. The maximum atomic E-state index is 11.9. The monoisotopic (exact) mass is 312 g/mol. The molecule has 5 nitrogen and oxygen atoms in total. The van der Waals surface area contributed by atoms with Gasteiger partial charge in [0.1, 0.15) is 5.56 Å². The Labute approximate surface area is 129 Å². The predicted octanol–water partition coefficient (Wildman–Crippen LogP) is 3.84. The molecule has 0 radical (unpaired) electrons. The largest absolute Gasteiger partial charge is 0.478 e. The minimum Gasteiger partial charge on any atom is -0.478 e. The van der Waals surface area contributed by atoms with Crippen LogP contribution in [0.5, 0.6) is 0 Å². The number of carboxylic acids is 1. The maximum Gasteiger partial charge on any atom is 0.339 e. The van der Waals surface area contributed by atoms with E-state index >= 15 is 0 Å². The molecule has 1 aromatic carbocycles. The molecular weight excluding hydrogens is 292 g/mol. The van der Waals surface area contributed by atoms with Crippen molar-refractivity contribution >= 4 is 29.3 Å². The zero-order chi connectivity index (χ0) is 16.2. The van der Waals surface area contributed by atoms with Gasteiger partial charge in [0.05, 0.1) is 10.7 Å². The van der Waals surface area contributed by atoms with Crippen LogP contribution in [0.2, 0.25) is 5.02 Å². The number of hydrogen-bond acceptors (Lipinski definition) is 2. The minimum absolute atomic E-state index is 0.0543. The summed E-state index contributed by atoms with van der Waals surface area (Å²) in [6.07, 6.45) is 0. The molecule has 0 saturated carbocycles. The van der Waals surface area contributed by atoms with Crippen molar-refractivity contribution < 1.29 is 14.7 Å². The van der Waals surface area contributed by atoms with E-state index in [4.69, 9.17) is 16.7 Å². The molecule has 0 spiro atoms. The highest BCUT2D eigenvalue weighted by atomic mass is 35.5. The van der Waals surface area contributed by atoms with E-state index in [1.807, 2.05) is 0 Å². The van der Waals surface area contributed by atoms with E-state index in [1.54, 1.807) is 6.07 Å². The zero-order valence-electron chi connectivity index (χ0n) is 12.7. The summed E-state index contributed by atoms with van der Waals surface area (Å²) in [5.41, 5.74) is 0.00804. The molecule has 0 aliphatic heterocycles. The van der Waals surface area contributed by atoms with Crippen LogP contribution >= 0.6 is 11.6 Å². The Morgan fingerprint density at radius 3 is 2.48 bits per heavy atom. The molecule has 0 atom stereocenters. The highest BCUT2D eigenvalue weighted by Crippen LogP contribution is 2.26. The fourth-order valence-electron chi connectivity index (χ4n) is 1.52. The first-order valence-electron chi connectivity index (χ1n) is 6.72. The van der Waals surface area contributed by atoms with Crippen molar-refractivity contribution in [1.29, 1.82) is 0 Å². The first kappa shape index (κ1) is 17.3. The van der Waals surface area contributed by atoms with Gasteiger partial charge >= 0.3 is 12.0 Å². The number of nitrogens with one attached hydrogen (secondary N) is 2. The van der Waals surface area contributed by atoms with Crippen molar-refractivity contribution in [3.05, 3.63) is 28.8 Å². The van der Waals surface area contributed by atoms with Crippen LogP contribution in [0.15, 0.2) is 18.2 Å². The molecule has 0 aliphatic carbocycles. The highest BCUT2D eigenvalue weighted by molar-refractivity contribution is 6.34. The Bertz CT molecular complexity index is 542. The van der Waals surface area contributed by atoms with Crippen LogP contribution in [0, 0.1) is 11.3 Å². The van der Waals surface area contributed by atoms with E-state index in [2.05, 4.69) is 38.3 Å². The van der Waals surface area contributed by atoms with Gasteiger partial charge in [-0.15, -0.1) is 0 Å². The Balaban J connectivity index is 2.77. The van der Waals surface area contributed by atoms with Crippen molar-refractivity contribution in [3.63, 3.8) is 0 Å². The second-order valence-electron chi connectivity index (χ2n) is 5.92. The third kappa shape index (κ3) is 4.63. The molecule has 0 bridgehead atoms. The van der Waals surface area contributed by atoms with Crippen molar-refractivity contribution in [2.24, 2.45) is 11.3 Å². The van der Waals surface area contributed by atoms with E-state index in [1.165, 1.54) is 12.1 Å². The first-order valence-corrected chi connectivity index (χ1v) is 7.09. The molecule has 0 aliphatic rings. The molecule has 3 N–H and O–H groups in total. The van der Waals surface area contributed by atoms with Gasteiger partial charge in [-0.2, -0.15) is 0 Å². The number of carboxylic acid groups (broad SMARTS) is 1. The summed E-state index contributed by atoms with van der Waals surface area (Å²) < 4.78 is 0. The topological polar surface area (TPSA) is 78.4 Å². The van der Waals surface area contributed by atoms with Crippen LogP contribution in [0.4, 0.5) is 10.5 Å².